The van der Waals surface area contributed by atoms with E-state index in [1.807, 2.05) is 53.9 Å². The highest BCUT2D eigenvalue weighted by Crippen LogP contribution is 2.45. The number of benzene rings is 1. The summed E-state index contributed by atoms with van der Waals surface area (Å²) in [5.74, 6) is 2.31. The van der Waals surface area contributed by atoms with Gasteiger partial charge in [-0.3, -0.25) is 4.79 Å². The first-order valence-electron chi connectivity index (χ1n) is 8.88. The second kappa shape index (κ2) is 8.49. The molecule has 2 amide bonds. The summed E-state index contributed by atoms with van der Waals surface area (Å²) in [6.07, 6.45) is 3.67. The fourth-order valence-corrected chi connectivity index (χ4v) is 6.34. The fraction of sp³-hybridized carbons (Fsp3) is 0.579. The molecule has 0 radical (unpaired) electrons. The molecule has 0 saturated carbocycles. The van der Waals surface area contributed by atoms with Gasteiger partial charge in [-0.2, -0.15) is 0 Å². The molecule has 0 unspecified atom stereocenters. The Balaban J connectivity index is 1.53. The number of imide groups is 1. The molecule has 25 heavy (non-hydrogen) atoms. The van der Waals surface area contributed by atoms with Crippen LogP contribution in [0.25, 0.3) is 0 Å². The molecule has 1 aromatic rings. The third-order valence-electron chi connectivity index (χ3n) is 4.67. The van der Waals surface area contributed by atoms with Gasteiger partial charge in [0.15, 0.2) is 0 Å². The summed E-state index contributed by atoms with van der Waals surface area (Å²) in [4.78, 5) is 26.0. The second-order valence-corrected chi connectivity index (χ2v) is 10.2. The molecule has 6 heteroatoms. The van der Waals surface area contributed by atoms with Gasteiger partial charge < -0.3 is 4.74 Å². The lowest BCUT2D eigenvalue weighted by molar-refractivity contribution is -0.129. The Bertz CT molecular complexity index is 602. The van der Waals surface area contributed by atoms with Crippen LogP contribution < -0.4 is 0 Å². The molecule has 0 spiro atoms. The number of cyclic esters (lactones) is 1. The van der Waals surface area contributed by atoms with Crippen molar-refractivity contribution in [3.05, 3.63) is 35.9 Å². The zero-order chi connectivity index (χ0) is 17.7. The molecule has 0 bridgehead atoms. The topological polar surface area (TPSA) is 46.6 Å². The summed E-state index contributed by atoms with van der Waals surface area (Å²) < 4.78 is 5.36. The molecular weight excluding hydrogens is 354 g/mol. The maximum Gasteiger partial charge on any atom is 0.416 e. The van der Waals surface area contributed by atoms with Crippen LogP contribution in [0.3, 0.4) is 0 Å². The first kappa shape index (κ1) is 18.6. The Hall–Kier alpha value is -1.14. The van der Waals surface area contributed by atoms with Crippen molar-refractivity contribution < 1.29 is 14.3 Å². The van der Waals surface area contributed by atoms with E-state index in [1.54, 1.807) is 0 Å². The van der Waals surface area contributed by atoms with E-state index in [4.69, 9.17) is 4.74 Å². The van der Waals surface area contributed by atoms with Gasteiger partial charge in [-0.05, 0) is 49.7 Å². The normalized spacial score (nSPS) is 22.7. The Kier molecular flexibility index (Phi) is 6.34. The fourth-order valence-electron chi connectivity index (χ4n) is 3.30. The predicted molar refractivity (Wildman–Crippen MR) is 104 cm³/mol. The highest BCUT2D eigenvalue weighted by atomic mass is 32.2. The number of amides is 2. The van der Waals surface area contributed by atoms with Crippen molar-refractivity contribution in [2.45, 2.75) is 49.1 Å². The first-order chi connectivity index (χ1) is 12.1. The van der Waals surface area contributed by atoms with Crippen molar-refractivity contribution in [3.63, 3.8) is 0 Å². The number of thioether (sulfide) groups is 2. The summed E-state index contributed by atoms with van der Waals surface area (Å²) in [5.41, 5.74) is 1.12. The molecular formula is C19H25NO3S2. The molecule has 4 nitrogen and oxygen atoms in total. The lowest BCUT2D eigenvalue weighted by Crippen LogP contribution is -2.40. The van der Waals surface area contributed by atoms with Gasteiger partial charge in [0.1, 0.15) is 6.61 Å². The summed E-state index contributed by atoms with van der Waals surface area (Å²) in [5, 5.41) is 0. The van der Waals surface area contributed by atoms with Crippen LogP contribution in [-0.4, -0.2) is 45.1 Å². The third kappa shape index (κ3) is 4.94. The van der Waals surface area contributed by atoms with Crippen molar-refractivity contribution in [2.24, 2.45) is 0 Å². The van der Waals surface area contributed by atoms with E-state index >= 15 is 0 Å². The van der Waals surface area contributed by atoms with Crippen LogP contribution >= 0.6 is 23.5 Å². The van der Waals surface area contributed by atoms with E-state index in [2.05, 4.69) is 6.92 Å². The Labute approximate surface area is 158 Å². The maximum absolute atomic E-state index is 12.6. The molecule has 2 aliphatic heterocycles. The minimum absolute atomic E-state index is 0.0992. The van der Waals surface area contributed by atoms with Gasteiger partial charge in [0.05, 0.1) is 10.1 Å². The number of carbonyl (C=O) groups excluding carboxylic acids is 2. The molecule has 136 valence electrons. The van der Waals surface area contributed by atoms with E-state index in [0.717, 1.165) is 18.4 Å². The minimum atomic E-state index is -0.487. The summed E-state index contributed by atoms with van der Waals surface area (Å²) in [7, 11) is 0. The second-order valence-electron chi connectivity index (χ2n) is 6.72. The highest BCUT2D eigenvalue weighted by molar-refractivity contribution is 8.18. The van der Waals surface area contributed by atoms with Crippen molar-refractivity contribution in [1.82, 2.24) is 4.90 Å². The van der Waals surface area contributed by atoms with Gasteiger partial charge in [0.25, 0.3) is 0 Å². The number of rotatable bonds is 6. The first-order valence-corrected chi connectivity index (χ1v) is 10.9. The summed E-state index contributed by atoms with van der Waals surface area (Å²) >= 11 is 4.00. The van der Waals surface area contributed by atoms with Crippen LogP contribution in [0.5, 0.6) is 0 Å². The quantitative estimate of drug-likeness (QED) is 0.736. The van der Waals surface area contributed by atoms with Crippen LogP contribution in [-0.2, 0) is 16.0 Å². The summed E-state index contributed by atoms with van der Waals surface area (Å²) in [6, 6.07) is 9.76. The van der Waals surface area contributed by atoms with E-state index in [0.29, 0.717) is 19.4 Å². The molecule has 0 aromatic heterocycles. The van der Waals surface area contributed by atoms with Gasteiger partial charge in [-0.25, -0.2) is 9.69 Å². The van der Waals surface area contributed by atoms with Gasteiger partial charge in [0, 0.05) is 6.42 Å². The van der Waals surface area contributed by atoms with Gasteiger partial charge in [-0.15, -0.1) is 23.5 Å². The van der Waals surface area contributed by atoms with Crippen molar-refractivity contribution in [1.29, 1.82) is 0 Å². The van der Waals surface area contributed by atoms with Crippen LogP contribution in [0.2, 0.25) is 0 Å². The molecule has 2 fully saturated rings. The van der Waals surface area contributed by atoms with E-state index in [9.17, 15) is 9.59 Å². The molecule has 1 atom stereocenters. The number of hydrogen-bond donors (Lipinski definition) is 0. The van der Waals surface area contributed by atoms with E-state index in [-0.39, 0.29) is 16.0 Å². The van der Waals surface area contributed by atoms with Crippen molar-refractivity contribution in [3.8, 4) is 0 Å². The number of nitrogens with zero attached hydrogens (tertiary/aromatic N) is 1. The maximum atomic E-state index is 12.6. The molecule has 2 heterocycles. The number of carbonyl (C=O) groups is 2. The monoisotopic (exact) mass is 379 g/mol. The molecule has 0 aliphatic carbocycles. The predicted octanol–water partition coefficient (Wildman–Crippen LogP) is 4.33. The largest absolute Gasteiger partial charge is 0.447 e. The summed E-state index contributed by atoms with van der Waals surface area (Å²) in [6.45, 7) is 2.57. The van der Waals surface area contributed by atoms with Crippen molar-refractivity contribution >= 4 is 35.5 Å². The average molecular weight is 380 g/mol. The Morgan fingerprint density at radius 1 is 1.28 bits per heavy atom. The Morgan fingerprint density at radius 3 is 2.72 bits per heavy atom. The van der Waals surface area contributed by atoms with E-state index < -0.39 is 6.09 Å². The van der Waals surface area contributed by atoms with Crippen LogP contribution in [0.15, 0.2) is 30.3 Å². The molecule has 0 N–H and O–H groups in total. The minimum Gasteiger partial charge on any atom is -0.447 e. The van der Waals surface area contributed by atoms with Crippen LogP contribution in [0.1, 0.15) is 38.2 Å². The lowest BCUT2D eigenvalue weighted by atomic mass is 10.1. The SMILES string of the molecule is CC1(CCCC(=O)N2C(=O)OC[C@@H]2Cc2ccccc2)SCCCS1. The van der Waals surface area contributed by atoms with Crippen LogP contribution in [0.4, 0.5) is 4.79 Å². The molecule has 3 rings (SSSR count). The average Bonchev–Trinajstić information content (AvgIpc) is 2.96. The van der Waals surface area contributed by atoms with E-state index in [1.165, 1.54) is 22.8 Å². The lowest BCUT2D eigenvalue weighted by Gasteiger charge is -2.32. The zero-order valence-electron chi connectivity index (χ0n) is 14.6. The third-order valence-corrected chi connectivity index (χ3v) is 7.99. The highest BCUT2D eigenvalue weighted by Gasteiger charge is 2.37. The smallest absolute Gasteiger partial charge is 0.416 e. The van der Waals surface area contributed by atoms with Crippen LogP contribution in [0, 0.1) is 0 Å². The zero-order valence-corrected chi connectivity index (χ0v) is 16.2. The molecule has 1 aromatic carbocycles. The van der Waals surface area contributed by atoms with Crippen molar-refractivity contribution in [2.75, 3.05) is 18.1 Å². The van der Waals surface area contributed by atoms with Gasteiger partial charge >= 0.3 is 6.09 Å². The van der Waals surface area contributed by atoms with Gasteiger partial charge in [0.2, 0.25) is 5.91 Å². The molecule has 2 saturated heterocycles. The number of ether oxygens (including phenoxy) is 1. The standard InChI is InChI=1S/C19H25NO3S2/c1-19(24-11-6-12-25-19)10-5-9-17(21)20-16(14-23-18(20)22)13-15-7-3-2-4-8-15/h2-4,7-8,16H,5-6,9-14H2,1H3/t16-/m0/s1. The van der Waals surface area contributed by atoms with Gasteiger partial charge in [-0.1, -0.05) is 30.3 Å². The molecule has 2 aliphatic rings. The number of hydrogen-bond acceptors (Lipinski definition) is 5. The Morgan fingerprint density at radius 2 is 2.00 bits per heavy atom.